The van der Waals surface area contributed by atoms with Crippen LogP contribution in [0.3, 0.4) is 0 Å². The van der Waals surface area contributed by atoms with E-state index < -0.39 is 5.97 Å². The third-order valence-corrected chi connectivity index (χ3v) is 4.32. The number of hydrogen-bond acceptors (Lipinski definition) is 2. The van der Waals surface area contributed by atoms with Crippen LogP contribution in [-0.2, 0) is 4.79 Å². The van der Waals surface area contributed by atoms with Gasteiger partial charge < -0.3 is 10.0 Å². The Bertz CT molecular complexity index is 509. The summed E-state index contributed by atoms with van der Waals surface area (Å²) >= 11 is 3.57. The predicted molar refractivity (Wildman–Crippen MR) is 81.4 cm³/mol. The number of benzene rings is 1. The first-order valence-electron chi connectivity index (χ1n) is 6.42. The second-order valence-corrected chi connectivity index (χ2v) is 5.93. The molecule has 1 aromatic carbocycles. The van der Waals surface area contributed by atoms with Gasteiger partial charge in [0, 0.05) is 23.6 Å². The minimum atomic E-state index is -0.931. The number of carbonyl (C=O) groups is 1. The standard InChI is InChI=1S/C15H18BrNO2/c1-10(12-5-6-12)17(2)14-7-3-11(9-13(14)16)4-8-15(18)19/h3-4,7-10,12H,5-6H2,1-2H3,(H,18,19)/b8-4+. The first kappa shape index (κ1) is 14.1. The first-order valence-corrected chi connectivity index (χ1v) is 7.21. The molecule has 1 atom stereocenters. The van der Waals surface area contributed by atoms with E-state index in [0.29, 0.717) is 6.04 Å². The second kappa shape index (κ2) is 5.78. The highest BCUT2D eigenvalue weighted by Crippen LogP contribution is 2.38. The monoisotopic (exact) mass is 323 g/mol. The third-order valence-electron chi connectivity index (χ3n) is 3.69. The fourth-order valence-corrected chi connectivity index (χ4v) is 2.87. The molecule has 0 aromatic heterocycles. The third kappa shape index (κ3) is 3.60. The van der Waals surface area contributed by atoms with Gasteiger partial charge in [-0.2, -0.15) is 0 Å². The molecular formula is C15H18BrNO2. The van der Waals surface area contributed by atoms with Crippen LogP contribution in [0, 0.1) is 5.92 Å². The van der Waals surface area contributed by atoms with Crippen molar-refractivity contribution < 1.29 is 9.90 Å². The van der Waals surface area contributed by atoms with E-state index in [-0.39, 0.29) is 0 Å². The number of nitrogens with zero attached hydrogens (tertiary/aromatic N) is 1. The lowest BCUT2D eigenvalue weighted by molar-refractivity contribution is -0.131. The molecule has 1 aliphatic rings. The van der Waals surface area contributed by atoms with Gasteiger partial charge in [-0.05, 0) is 65.4 Å². The minimum absolute atomic E-state index is 0.539. The summed E-state index contributed by atoms with van der Waals surface area (Å²) in [5.41, 5.74) is 2.03. The van der Waals surface area contributed by atoms with Crippen LogP contribution in [0.1, 0.15) is 25.3 Å². The molecule has 1 aromatic rings. The van der Waals surface area contributed by atoms with E-state index in [0.717, 1.165) is 27.7 Å². The highest BCUT2D eigenvalue weighted by atomic mass is 79.9. The lowest BCUT2D eigenvalue weighted by atomic mass is 10.1. The topological polar surface area (TPSA) is 40.5 Å². The lowest BCUT2D eigenvalue weighted by Crippen LogP contribution is -2.30. The highest BCUT2D eigenvalue weighted by Gasteiger charge is 2.31. The van der Waals surface area contributed by atoms with E-state index in [1.54, 1.807) is 6.08 Å². The van der Waals surface area contributed by atoms with Gasteiger partial charge in [0.15, 0.2) is 0 Å². The number of aliphatic carboxylic acids is 1. The first-order chi connectivity index (χ1) is 8.99. The largest absolute Gasteiger partial charge is 0.478 e. The highest BCUT2D eigenvalue weighted by molar-refractivity contribution is 9.10. The van der Waals surface area contributed by atoms with E-state index >= 15 is 0 Å². The van der Waals surface area contributed by atoms with Crippen molar-refractivity contribution in [1.29, 1.82) is 0 Å². The molecule has 0 amide bonds. The van der Waals surface area contributed by atoms with Gasteiger partial charge in [-0.15, -0.1) is 0 Å². The van der Waals surface area contributed by atoms with Crippen LogP contribution in [-0.4, -0.2) is 24.2 Å². The number of carboxylic acids is 1. The molecule has 0 heterocycles. The van der Waals surface area contributed by atoms with Crippen molar-refractivity contribution in [3.63, 3.8) is 0 Å². The van der Waals surface area contributed by atoms with Crippen LogP contribution in [0.2, 0.25) is 0 Å². The summed E-state index contributed by atoms with van der Waals surface area (Å²) in [7, 11) is 2.11. The smallest absolute Gasteiger partial charge is 0.328 e. The van der Waals surface area contributed by atoms with Gasteiger partial charge in [0.05, 0.1) is 5.69 Å². The molecule has 102 valence electrons. The average molecular weight is 324 g/mol. The predicted octanol–water partition coefficient (Wildman–Crippen LogP) is 3.78. The maximum atomic E-state index is 10.5. The molecule has 19 heavy (non-hydrogen) atoms. The maximum absolute atomic E-state index is 10.5. The zero-order valence-electron chi connectivity index (χ0n) is 11.1. The summed E-state index contributed by atoms with van der Waals surface area (Å²) in [6, 6.07) is 6.46. The molecule has 1 fully saturated rings. The van der Waals surface area contributed by atoms with Crippen molar-refractivity contribution in [2.24, 2.45) is 5.92 Å². The van der Waals surface area contributed by atoms with Gasteiger partial charge in [-0.25, -0.2) is 4.79 Å². The van der Waals surface area contributed by atoms with Crippen molar-refractivity contribution >= 4 is 33.7 Å². The summed E-state index contributed by atoms with van der Waals surface area (Å²) in [5.74, 6) is -0.122. The zero-order chi connectivity index (χ0) is 14.0. The number of halogens is 1. The van der Waals surface area contributed by atoms with Crippen molar-refractivity contribution in [3.05, 3.63) is 34.3 Å². The summed E-state index contributed by atoms with van der Waals surface area (Å²) < 4.78 is 0.995. The second-order valence-electron chi connectivity index (χ2n) is 5.07. The molecule has 0 bridgehead atoms. The van der Waals surface area contributed by atoms with Gasteiger partial charge in [0.2, 0.25) is 0 Å². The van der Waals surface area contributed by atoms with Crippen LogP contribution in [0.25, 0.3) is 6.08 Å². The molecule has 1 saturated carbocycles. The van der Waals surface area contributed by atoms with E-state index in [2.05, 4.69) is 34.8 Å². The molecular weight excluding hydrogens is 306 g/mol. The van der Waals surface area contributed by atoms with Crippen LogP contribution < -0.4 is 4.90 Å². The van der Waals surface area contributed by atoms with E-state index in [1.807, 2.05) is 18.2 Å². The van der Waals surface area contributed by atoms with Crippen LogP contribution in [0.15, 0.2) is 28.7 Å². The minimum Gasteiger partial charge on any atom is -0.478 e. The van der Waals surface area contributed by atoms with Gasteiger partial charge >= 0.3 is 5.97 Å². The van der Waals surface area contributed by atoms with Crippen molar-refractivity contribution in [3.8, 4) is 0 Å². The van der Waals surface area contributed by atoms with Gasteiger partial charge in [0.1, 0.15) is 0 Å². The number of rotatable bonds is 5. The summed E-state index contributed by atoms with van der Waals surface area (Å²) in [6.07, 6.45) is 5.39. The lowest BCUT2D eigenvalue weighted by Gasteiger charge is -2.28. The molecule has 0 spiro atoms. The molecule has 0 saturated heterocycles. The Kier molecular flexibility index (Phi) is 4.30. The van der Waals surface area contributed by atoms with Crippen molar-refractivity contribution in [2.45, 2.75) is 25.8 Å². The molecule has 1 unspecified atom stereocenters. The van der Waals surface area contributed by atoms with Gasteiger partial charge in [0.25, 0.3) is 0 Å². The van der Waals surface area contributed by atoms with Crippen LogP contribution in [0.5, 0.6) is 0 Å². The summed E-state index contributed by atoms with van der Waals surface area (Å²) in [5, 5.41) is 8.62. The molecule has 2 rings (SSSR count). The average Bonchev–Trinajstić information content (AvgIpc) is 3.19. The van der Waals surface area contributed by atoms with Crippen molar-refractivity contribution in [2.75, 3.05) is 11.9 Å². The Hall–Kier alpha value is -1.29. The Morgan fingerprint density at radius 3 is 2.74 bits per heavy atom. The van der Waals surface area contributed by atoms with Crippen LogP contribution in [0.4, 0.5) is 5.69 Å². The van der Waals surface area contributed by atoms with Gasteiger partial charge in [-0.3, -0.25) is 0 Å². The summed E-state index contributed by atoms with van der Waals surface area (Å²) in [4.78, 5) is 12.8. The fourth-order valence-electron chi connectivity index (χ4n) is 2.19. The number of hydrogen-bond donors (Lipinski definition) is 1. The van der Waals surface area contributed by atoms with E-state index in [1.165, 1.54) is 12.8 Å². The Balaban J connectivity index is 2.16. The Morgan fingerprint density at radius 2 is 2.21 bits per heavy atom. The normalized spacial score (nSPS) is 16.6. The molecule has 4 heteroatoms. The van der Waals surface area contributed by atoms with E-state index in [4.69, 9.17) is 5.11 Å². The SMILES string of the molecule is CC(C1CC1)N(C)c1ccc(/C=C/C(=O)O)cc1Br. The molecule has 0 radical (unpaired) electrons. The molecule has 0 aliphatic heterocycles. The van der Waals surface area contributed by atoms with E-state index in [9.17, 15) is 4.79 Å². The Morgan fingerprint density at radius 1 is 1.53 bits per heavy atom. The Labute approximate surface area is 122 Å². The molecule has 1 aliphatic carbocycles. The van der Waals surface area contributed by atoms with Crippen molar-refractivity contribution in [1.82, 2.24) is 0 Å². The van der Waals surface area contributed by atoms with Crippen LogP contribution >= 0.6 is 15.9 Å². The maximum Gasteiger partial charge on any atom is 0.328 e. The fraction of sp³-hybridized carbons (Fsp3) is 0.400. The quantitative estimate of drug-likeness (QED) is 0.838. The summed E-state index contributed by atoms with van der Waals surface area (Å²) in [6.45, 7) is 2.25. The molecule has 1 N–H and O–H groups in total. The van der Waals surface area contributed by atoms with Gasteiger partial charge in [-0.1, -0.05) is 6.07 Å². The molecule has 3 nitrogen and oxygen atoms in total. The number of carboxylic acid groups (broad SMARTS) is 1. The number of anilines is 1. The zero-order valence-corrected chi connectivity index (χ0v) is 12.7.